The highest BCUT2D eigenvalue weighted by atomic mass is 16.5. The van der Waals surface area contributed by atoms with Crippen molar-refractivity contribution in [3.63, 3.8) is 0 Å². The molecule has 3 aromatic rings. The van der Waals surface area contributed by atoms with Crippen LogP contribution in [0.25, 0.3) is 11.3 Å². The van der Waals surface area contributed by atoms with Crippen LogP contribution in [0.3, 0.4) is 0 Å². The van der Waals surface area contributed by atoms with Gasteiger partial charge >= 0.3 is 0 Å². The molecule has 0 saturated heterocycles. The van der Waals surface area contributed by atoms with Crippen LogP contribution >= 0.6 is 0 Å². The summed E-state index contributed by atoms with van der Waals surface area (Å²) in [6.07, 6.45) is 4.19. The minimum atomic E-state index is -0.508. The van der Waals surface area contributed by atoms with E-state index in [2.05, 4.69) is 27.4 Å². The van der Waals surface area contributed by atoms with Gasteiger partial charge in [-0.15, -0.1) is 0 Å². The largest absolute Gasteiger partial charge is 0.493 e. The smallest absolute Gasteiger partial charge is 0.247 e. The van der Waals surface area contributed by atoms with E-state index in [9.17, 15) is 9.59 Å². The Morgan fingerprint density at radius 2 is 2.07 bits per heavy atom. The summed E-state index contributed by atoms with van der Waals surface area (Å²) in [6, 6.07) is 13.1. The molecule has 6 heteroatoms. The number of benzene rings is 1. The third-order valence-electron chi connectivity index (χ3n) is 5.83. The monoisotopic (exact) mass is 389 g/mol. The number of fused-ring (bicyclic) bond motifs is 1. The van der Waals surface area contributed by atoms with Crippen molar-refractivity contribution in [2.24, 2.45) is 0 Å². The maximum atomic E-state index is 13.1. The summed E-state index contributed by atoms with van der Waals surface area (Å²) < 4.78 is 5.68. The van der Waals surface area contributed by atoms with Gasteiger partial charge in [0.05, 0.1) is 17.7 Å². The van der Waals surface area contributed by atoms with E-state index in [1.165, 1.54) is 11.6 Å². The molecule has 2 aliphatic rings. The van der Waals surface area contributed by atoms with Crippen molar-refractivity contribution in [2.45, 2.75) is 31.6 Å². The van der Waals surface area contributed by atoms with Gasteiger partial charge in [-0.25, -0.2) is 4.98 Å². The molecule has 1 aromatic carbocycles. The Morgan fingerprint density at radius 1 is 1.21 bits per heavy atom. The van der Waals surface area contributed by atoms with Crippen LogP contribution in [0.1, 0.15) is 31.0 Å². The van der Waals surface area contributed by atoms with Crippen LogP contribution in [-0.4, -0.2) is 22.5 Å². The molecule has 0 bridgehead atoms. The number of amides is 1. The fraction of sp³-hybridized carbons (Fsp3) is 0.261. The van der Waals surface area contributed by atoms with Gasteiger partial charge in [-0.05, 0) is 54.7 Å². The first-order valence-corrected chi connectivity index (χ1v) is 9.80. The van der Waals surface area contributed by atoms with E-state index in [1.54, 1.807) is 12.3 Å². The Kier molecular flexibility index (Phi) is 4.01. The van der Waals surface area contributed by atoms with Crippen molar-refractivity contribution < 1.29 is 11.0 Å². The number of hydrogen-bond donors (Lipinski definition) is 2. The molecule has 2 N–H and O–H groups in total. The molecule has 0 unspecified atom stereocenters. The number of hydrogen-bond acceptors (Lipinski definition) is 4. The zero-order chi connectivity index (χ0) is 20.0. The van der Waals surface area contributed by atoms with Gasteiger partial charge in [0.2, 0.25) is 11.5 Å². The van der Waals surface area contributed by atoms with Gasteiger partial charge in [0.25, 0.3) is 0 Å². The summed E-state index contributed by atoms with van der Waals surface area (Å²) in [4.78, 5) is 31.8. The SMILES string of the molecule is Cc1ccc(NC(=O)C2(c3ccc4c(c3)OCC4)CC2)nc1-c1ccc(=O)[nH]c1.[HH]. The number of aromatic amines is 1. The topological polar surface area (TPSA) is 84.1 Å². The lowest BCUT2D eigenvalue weighted by atomic mass is 9.93. The summed E-state index contributed by atoms with van der Waals surface area (Å²) in [7, 11) is 0. The van der Waals surface area contributed by atoms with E-state index in [4.69, 9.17) is 4.74 Å². The summed E-state index contributed by atoms with van der Waals surface area (Å²) in [6.45, 7) is 2.66. The predicted molar refractivity (Wildman–Crippen MR) is 112 cm³/mol. The molecule has 0 atom stereocenters. The normalized spacial score (nSPS) is 16.0. The molecule has 1 aliphatic carbocycles. The second-order valence-corrected chi connectivity index (χ2v) is 7.76. The quantitative estimate of drug-likeness (QED) is 0.714. The molecule has 1 amide bonds. The van der Waals surface area contributed by atoms with Crippen LogP contribution < -0.4 is 15.6 Å². The maximum Gasteiger partial charge on any atom is 0.247 e. The first-order chi connectivity index (χ1) is 14.0. The van der Waals surface area contributed by atoms with Gasteiger partial charge in [-0.2, -0.15) is 0 Å². The zero-order valence-electron chi connectivity index (χ0n) is 16.1. The average molecular weight is 389 g/mol. The van der Waals surface area contributed by atoms with Gasteiger partial charge in [0, 0.05) is 25.7 Å². The Morgan fingerprint density at radius 3 is 2.83 bits per heavy atom. The van der Waals surface area contributed by atoms with Crippen molar-refractivity contribution in [1.82, 2.24) is 9.97 Å². The highest BCUT2D eigenvalue weighted by molar-refractivity contribution is 6.01. The molecule has 0 radical (unpaired) electrons. The van der Waals surface area contributed by atoms with Crippen LogP contribution in [0, 0.1) is 6.92 Å². The average Bonchev–Trinajstić information content (AvgIpc) is 3.41. The van der Waals surface area contributed by atoms with E-state index >= 15 is 0 Å². The third kappa shape index (κ3) is 3.10. The summed E-state index contributed by atoms with van der Waals surface area (Å²) in [5, 5.41) is 3.00. The molecule has 1 saturated carbocycles. The molecule has 1 aliphatic heterocycles. The molecule has 29 heavy (non-hydrogen) atoms. The maximum absolute atomic E-state index is 13.1. The molecular weight excluding hydrogens is 366 g/mol. The van der Waals surface area contributed by atoms with Crippen molar-refractivity contribution in [3.8, 4) is 17.0 Å². The number of anilines is 1. The number of rotatable bonds is 4. The number of carbonyl (C=O) groups excluding carboxylic acids is 1. The fourth-order valence-corrected chi connectivity index (χ4v) is 3.92. The van der Waals surface area contributed by atoms with Gasteiger partial charge in [0.15, 0.2) is 0 Å². The summed E-state index contributed by atoms with van der Waals surface area (Å²) >= 11 is 0. The number of nitrogens with one attached hydrogen (secondary N) is 2. The molecule has 5 rings (SSSR count). The number of carbonyl (C=O) groups is 1. The lowest BCUT2D eigenvalue weighted by molar-refractivity contribution is -0.118. The molecule has 2 aromatic heterocycles. The van der Waals surface area contributed by atoms with E-state index < -0.39 is 5.41 Å². The third-order valence-corrected chi connectivity index (χ3v) is 5.83. The van der Waals surface area contributed by atoms with E-state index in [-0.39, 0.29) is 12.9 Å². The summed E-state index contributed by atoms with van der Waals surface area (Å²) in [5.41, 5.74) is 4.03. The van der Waals surface area contributed by atoms with Crippen molar-refractivity contribution in [2.75, 3.05) is 11.9 Å². The van der Waals surface area contributed by atoms with E-state index in [0.29, 0.717) is 12.4 Å². The Bertz CT molecular complexity index is 1160. The molecule has 1 fully saturated rings. The zero-order valence-corrected chi connectivity index (χ0v) is 16.1. The summed E-state index contributed by atoms with van der Waals surface area (Å²) in [5.74, 6) is 1.36. The van der Waals surface area contributed by atoms with Crippen LogP contribution in [0.2, 0.25) is 0 Å². The van der Waals surface area contributed by atoms with Gasteiger partial charge in [-0.3, -0.25) is 9.59 Å². The molecule has 0 spiro atoms. The van der Waals surface area contributed by atoms with Gasteiger partial charge in [0.1, 0.15) is 11.6 Å². The van der Waals surface area contributed by atoms with Crippen molar-refractivity contribution >= 4 is 11.7 Å². The predicted octanol–water partition coefficient (Wildman–Crippen LogP) is 3.60. The number of pyridine rings is 2. The minimum Gasteiger partial charge on any atom is -0.493 e. The first kappa shape index (κ1) is 17.7. The molecular formula is C23H23N3O3. The number of H-pyrrole nitrogens is 1. The number of aryl methyl sites for hydroxylation is 1. The Hall–Kier alpha value is -3.41. The molecule has 148 valence electrons. The van der Waals surface area contributed by atoms with Crippen LogP contribution in [0.15, 0.2) is 53.5 Å². The minimum absolute atomic E-state index is 0. The second kappa shape index (κ2) is 6.58. The fourth-order valence-electron chi connectivity index (χ4n) is 3.92. The number of aromatic nitrogens is 2. The first-order valence-electron chi connectivity index (χ1n) is 9.80. The second-order valence-electron chi connectivity index (χ2n) is 7.76. The highest BCUT2D eigenvalue weighted by Gasteiger charge is 2.51. The Labute approximate surface area is 169 Å². The van der Waals surface area contributed by atoms with Crippen LogP contribution in [-0.2, 0) is 16.6 Å². The molecule has 3 heterocycles. The standard InChI is InChI=1S/C23H21N3O3.H2/c1-14-2-6-19(25-21(14)16-4-7-20(27)24-13-16)26-22(28)23(9-10-23)17-5-3-15-8-11-29-18(15)12-17;/h2-7,12-13H,8-11H2,1H3,(H,24,27)(H,25,26,28);1H. The van der Waals surface area contributed by atoms with Crippen molar-refractivity contribution in [1.29, 1.82) is 0 Å². The number of nitrogens with zero attached hydrogens (tertiary/aromatic N) is 1. The van der Waals surface area contributed by atoms with Crippen LogP contribution in [0.4, 0.5) is 5.82 Å². The highest BCUT2D eigenvalue weighted by Crippen LogP contribution is 2.50. The Balaban J connectivity index is 0.00000218. The van der Waals surface area contributed by atoms with E-state index in [0.717, 1.165) is 47.4 Å². The van der Waals surface area contributed by atoms with Gasteiger partial charge < -0.3 is 15.0 Å². The lowest BCUT2D eigenvalue weighted by Gasteiger charge is -2.17. The van der Waals surface area contributed by atoms with Gasteiger partial charge in [-0.1, -0.05) is 18.2 Å². The lowest BCUT2D eigenvalue weighted by Crippen LogP contribution is -2.28. The molecule has 6 nitrogen and oxygen atoms in total. The van der Waals surface area contributed by atoms with E-state index in [1.807, 2.05) is 25.1 Å². The van der Waals surface area contributed by atoms with Crippen LogP contribution in [0.5, 0.6) is 5.75 Å². The van der Waals surface area contributed by atoms with Crippen molar-refractivity contribution in [3.05, 3.63) is 75.7 Å². The number of ether oxygens (including phenoxy) is 1.